The van der Waals surface area contributed by atoms with Gasteiger partial charge in [-0.2, -0.15) is 5.26 Å². The number of hydrogen-bond donors (Lipinski definition) is 2. The second-order valence-electron chi connectivity index (χ2n) is 6.26. The van der Waals surface area contributed by atoms with Gasteiger partial charge in [0.05, 0.1) is 31.9 Å². The molecule has 6 heteroatoms. The molecule has 0 radical (unpaired) electrons. The number of rotatable bonds is 3. The van der Waals surface area contributed by atoms with Crippen LogP contribution in [0.3, 0.4) is 0 Å². The molecule has 0 spiro atoms. The van der Waals surface area contributed by atoms with Crippen molar-refractivity contribution in [3.05, 3.63) is 35.0 Å². The summed E-state index contributed by atoms with van der Waals surface area (Å²) in [5, 5.41) is 16.5. The maximum Gasteiger partial charge on any atom is 0.171 e. The van der Waals surface area contributed by atoms with E-state index < -0.39 is 0 Å². The zero-order chi connectivity index (χ0) is 17.2. The minimum absolute atomic E-state index is 0.235. The Balaban J connectivity index is 2.67. The van der Waals surface area contributed by atoms with Crippen molar-refractivity contribution in [3.8, 4) is 17.6 Å². The molecule has 0 aliphatic carbocycles. The standard InChI is InChI=1S/C17H21N3O2S/c1-17(2,3)15-11(9-18)13(19-16(23)20-15)10-7-6-8-12(21-4)14(10)22-5/h6-8,13H,1-5H3,(H2,19,20,23)/t13-/m1/s1. The number of hydrogen-bond acceptors (Lipinski definition) is 4. The smallest absolute Gasteiger partial charge is 0.171 e. The summed E-state index contributed by atoms with van der Waals surface area (Å²) in [7, 11) is 3.17. The van der Waals surface area contributed by atoms with Crippen molar-refractivity contribution < 1.29 is 9.47 Å². The third-order valence-corrected chi connectivity index (χ3v) is 3.91. The summed E-state index contributed by atoms with van der Waals surface area (Å²) in [5.41, 5.74) is 1.99. The number of nitrogens with one attached hydrogen (secondary N) is 2. The first-order valence-corrected chi connectivity index (χ1v) is 7.67. The minimum atomic E-state index is -0.381. The van der Waals surface area contributed by atoms with Gasteiger partial charge in [-0.3, -0.25) is 0 Å². The fraction of sp³-hybridized carbons (Fsp3) is 0.412. The molecule has 1 aromatic carbocycles. The fourth-order valence-corrected chi connectivity index (χ4v) is 2.87. The van der Waals surface area contributed by atoms with Crippen LogP contribution in [0.1, 0.15) is 32.4 Å². The molecule has 2 N–H and O–H groups in total. The Hall–Kier alpha value is -2.26. The molecular weight excluding hydrogens is 310 g/mol. The van der Waals surface area contributed by atoms with Gasteiger partial charge in [0, 0.05) is 16.7 Å². The van der Waals surface area contributed by atoms with Gasteiger partial charge in [-0.15, -0.1) is 0 Å². The summed E-state index contributed by atoms with van der Waals surface area (Å²) >= 11 is 5.33. The van der Waals surface area contributed by atoms with Crippen LogP contribution in [0, 0.1) is 16.7 Å². The van der Waals surface area contributed by atoms with Gasteiger partial charge >= 0.3 is 0 Å². The highest BCUT2D eigenvalue weighted by Crippen LogP contribution is 2.40. The molecule has 5 nitrogen and oxygen atoms in total. The van der Waals surface area contributed by atoms with E-state index in [2.05, 4.69) is 16.7 Å². The highest BCUT2D eigenvalue weighted by molar-refractivity contribution is 7.80. The molecule has 1 aliphatic heterocycles. The molecule has 122 valence electrons. The van der Waals surface area contributed by atoms with Crippen LogP contribution in [0.2, 0.25) is 0 Å². The minimum Gasteiger partial charge on any atom is -0.493 e. The van der Waals surface area contributed by atoms with Gasteiger partial charge in [-0.25, -0.2) is 0 Å². The van der Waals surface area contributed by atoms with E-state index in [-0.39, 0.29) is 11.5 Å². The molecule has 1 heterocycles. The van der Waals surface area contributed by atoms with Crippen LogP contribution in [-0.4, -0.2) is 19.3 Å². The Labute approximate surface area is 142 Å². The second kappa shape index (κ2) is 6.47. The molecule has 23 heavy (non-hydrogen) atoms. The van der Waals surface area contributed by atoms with Crippen molar-refractivity contribution in [2.75, 3.05) is 14.2 Å². The van der Waals surface area contributed by atoms with E-state index in [1.54, 1.807) is 14.2 Å². The Bertz CT molecular complexity index is 699. The number of benzene rings is 1. The Kier molecular flexibility index (Phi) is 4.81. The lowest BCUT2D eigenvalue weighted by Gasteiger charge is -2.35. The molecule has 0 saturated heterocycles. The van der Waals surface area contributed by atoms with Gasteiger partial charge in [0.2, 0.25) is 0 Å². The molecule has 1 aromatic rings. The van der Waals surface area contributed by atoms with E-state index in [9.17, 15) is 5.26 Å². The molecule has 0 amide bonds. The van der Waals surface area contributed by atoms with Crippen LogP contribution < -0.4 is 20.1 Å². The molecule has 1 aliphatic rings. The normalized spacial score (nSPS) is 17.9. The lowest BCUT2D eigenvalue weighted by Crippen LogP contribution is -2.46. The molecule has 0 bridgehead atoms. The van der Waals surface area contributed by atoms with Crippen LogP contribution in [0.4, 0.5) is 0 Å². The summed E-state index contributed by atoms with van der Waals surface area (Å²) in [6.45, 7) is 6.13. The van der Waals surface area contributed by atoms with Crippen molar-refractivity contribution in [3.63, 3.8) is 0 Å². The van der Waals surface area contributed by atoms with Gasteiger partial charge in [0.15, 0.2) is 16.6 Å². The van der Waals surface area contributed by atoms with Crippen LogP contribution >= 0.6 is 12.2 Å². The predicted octanol–water partition coefficient (Wildman–Crippen LogP) is 3.05. The third kappa shape index (κ3) is 3.25. The molecule has 2 rings (SSSR count). The summed E-state index contributed by atoms with van der Waals surface area (Å²) in [6, 6.07) is 7.53. The predicted molar refractivity (Wildman–Crippen MR) is 93.3 cm³/mol. The number of nitrogens with zero attached hydrogens (tertiary/aromatic N) is 1. The fourth-order valence-electron chi connectivity index (χ4n) is 2.65. The van der Waals surface area contributed by atoms with Crippen LogP contribution in [0.15, 0.2) is 29.5 Å². The first-order chi connectivity index (χ1) is 10.8. The van der Waals surface area contributed by atoms with Gasteiger partial charge in [-0.05, 0) is 18.3 Å². The molecular formula is C17H21N3O2S. The number of allylic oxidation sites excluding steroid dienone is 1. The average Bonchev–Trinajstić information content (AvgIpc) is 2.52. The molecule has 1 atom stereocenters. The summed E-state index contributed by atoms with van der Waals surface area (Å²) in [5.74, 6) is 1.21. The highest BCUT2D eigenvalue weighted by Gasteiger charge is 2.34. The van der Waals surface area contributed by atoms with Crippen molar-refractivity contribution in [1.82, 2.24) is 10.6 Å². The molecule has 0 unspecified atom stereocenters. The van der Waals surface area contributed by atoms with Gasteiger partial charge in [0.25, 0.3) is 0 Å². The quantitative estimate of drug-likeness (QED) is 0.830. The van der Waals surface area contributed by atoms with E-state index >= 15 is 0 Å². The zero-order valence-electron chi connectivity index (χ0n) is 14.0. The van der Waals surface area contributed by atoms with Gasteiger partial charge < -0.3 is 20.1 Å². The van der Waals surface area contributed by atoms with Crippen molar-refractivity contribution in [2.45, 2.75) is 26.8 Å². The SMILES string of the molecule is COc1cccc([C@H]2NC(=S)NC(C(C)(C)C)=C2C#N)c1OC. The molecule has 0 saturated carbocycles. The number of ether oxygens (including phenoxy) is 2. The topological polar surface area (TPSA) is 66.3 Å². The molecule has 0 fully saturated rings. The van der Waals surface area contributed by atoms with E-state index in [0.29, 0.717) is 22.2 Å². The maximum atomic E-state index is 9.73. The number of methoxy groups -OCH3 is 2. The summed E-state index contributed by atoms with van der Waals surface area (Å²) in [6.07, 6.45) is 0. The highest BCUT2D eigenvalue weighted by atomic mass is 32.1. The second-order valence-corrected chi connectivity index (χ2v) is 6.67. The number of para-hydroxylation sites is 1. The van der Waals surface area contributed by atoms with Crippen LogP contribution in [0.5, 0.6) is 11.5 Å². The lowest BCUT2D eigenvalue weighted by molar-refractivity contribution is 0.349. The zero-order valence-corrected chi connectivity index (χ0v) is 14.8. The monoisotopic (exact) mass is 331 g/mol. The first-order valence-electron chi connectivity index (χ1n) is 7.26. The first kappa shape index (κ1) is 17.1. The van der Waals surface area contributed by atoms with Crippen LogP contribution in [-0.2, 0) is 0 Å². The van der Waals surface area contributed by atoms with Crippen molar-refractivity contribution in [2.24, 2.45) is 5.41 Å². The van der Waals surface area contributed by atoms with Crippen LogP contribution in [0.25, 0.3) is 0 Å². The largest absolute Gasteiger partial charge is 0.493 e. The van der Waals surface area contributed by atoms with Gasteiger partial charge in [0.1, 0.15) is 0 Å². The van der Waals surface area contributed by atoms with E-state index in [0.717, 1.165) is 11.3 Å². The Morgan fingerprint density at radius 3 is 2.43 bits per heavy atom. The molecule has 0 aromatic heterocycles. The van der Waals surface area contributed by atoms with E-state index in [1.165, 1.54) is 0 Å². The Morgan fingerprint density at radius 2 is 1.91 bits per heavy atom. The average molecular weight is 331 g/mol. The number of thiocarbonyl (C=S) groups is 1. The Morgan fingerprint density at radius 1 is 1.22 bits per heavy atom. The van der Waals surface area contributed by atoms with Gasteiger partial charge in [-0.1, -0.05) is 32.9 Å². The van der Waals surface area contributed by atoms with Crippen molar-refractivity contribution in [1.29, 1.82) is 5.26 Å². The number of nitriles is 1. The maximum absolute atomic E-state index is 9.73. The van der Waals surface area contributed by atoms with E-state index in [1.807, 2.05) is 39.0 Å². The van der Waals surface area contributed by atoms with E-state index in [4.69, 9.17) is 21.7 Å². The lowest BCUT2D eigenvalue weighted by atomic mass is 9.84. The summed E-state index contributed by atoms with van der Waals surface area (Å²) in [4.78, 5) is 0. The summed E-state index contributed by atoms with van der Waals surface area (Å²) < 4.78 is 10.9. The third-order valence-electron chi connectivity index (χ3n) is 3.69. The van der Waals surface area contributed by atoms with Crippen molar-refractivity contribution >= 4 is 17.3 Å².